The van der Waals surface area contributed by atoms with E-state index in [0.717, 1.165) is 54.0 Å². The standard InChI is InChI=1S/C25H25Cl2N3O/c1-16-7-8-18(13-20(16)17-9-10-21(26)22(27)14-17)25(31)30-23-6-4-12-29-24(23)19-5-2-3-11-28-15-19/h4,6-10,12-14,19,28H,2-3,5,11,15H2,1H3,(H,30,31). The van der Waals surface area contributed by atoms with Crippen LogP contribution in [0.1, 0.15) is 46.8 Å². The molecule has 1 atom stereocenters. The van der Waals surface area contributed by atoms with Gasteiger partial charge in [-0.3, -0.25) is 9.78 Å². The van der Waals surface area contributed by atoms with E-state index >= 15 is 0 Å². The van der Waals surface area contributed by atoms with E-state index in [4.69, 9.17) is 23.2 Å². The minimum Gasteiger partial charge on any atom is -0.320 e. The summed E-state index contributed by atoms with van der Waals surface area (Å²) >= 11 is 12.3. The van der Waals surface area contributed by atoms with Crippen LogP contribution in [0.25, 0.3) is 11.1 Å². The van der Waals surface area contributed by atoms with Crippen LogP contribution >= 0.6 is 23.2 Å². The fourth-order valence-corrected chi connectivity index (χ4v) is 4.33. The molecule has 0 radical (unpaired) electrons. The van der Waals surface area contributed by atoms with Gasteiger partial charge in [0.05, 0.1) is 21.4 Å². The number of pyridine rings is 1. The summed E-state index contributed by atoms with van der Waals surface area (Å²) in [5, 5.41) is 7.56. The maximum absolute atomic E-state index is 13.1. The van der Waals surface area contributed by atoms with Gasteiger partial charge in [-0.05, 0) is 79.4 Å². The third-order valence-corrected chi connectivity index (χ3v) is 6.49. The quantitative estimate of drug-likeness (QED) is 0.475. The first-order valence-corrected chi connectivity index (χ1v) is 11.3. The first-order chi connectivity index (χ1) is 15.0. The largest absolute Gasteiger partial charge is 0.320 e. The van der Waals surface area contributed by atoms with Crippen LogP contribution in [-0.2, 0) is 0 Å². The van der Waals surface area contributed by atoms with Crippen molar-refractivity contribution in [3.8, 4) is 11.1 Å². The summed E-state index contributed by atoms with van der Waals surface area (Å²) < 4.78 is 0. The molecule has 1 unspecified atom stereocenters. The molecule has 1 aliphatic heterocycles. The molecule has 0 spiro atoms. The van der Waals surface area contributed by atoms with Crippen molar-refractivity contribution < 1.29 is 4.79 Å². The zero-order chi connectivity index (χ0) is 21.8. The van der Waals surface area contributed by atoms with Crippen molar-refractivity contribution in [1.29, 1.82) is 0 Å². The third kappa shape index (κ3) is 5.09. The molecule has 2 aromatic carbocycles. The van der Waals surface area contributed by atoms with Crippen molar-refractivity contribution in [3.63, 3.8) is 0 Å². The highest BCUT2D eigenvalue weighted by molar-refractivity contribution is 6.42. The smallest absolute Gasteiger partial charge is 0.255 e. The second-order valence-electron chi connectivity index (χ2n) is 7.95. The second kappa shape index (κ2) is 9.82. The van der Waals surface area contributed by atoms with E-state index in [1.54, 1.807) is 12.3 Å². The Hall–Kier alpha value is -2.40. The van der Waals surface area contributed by atoms with Gasteiger partial charge in [0.1, 0.15) is 0 Å². The molecule has 1 amide bonds. The van der Waals surface area contributed by atoms with Gasteiger partial charge in [0.2, 0.25) is 0 Å². The summed E-state index contributed by atoms with van der Waals surface area (Å²) in [5.74, 6) is 0.140. The topological polar surface area (TPSA) is 54.0 Å². The highest BCUT2D eigenvalue weighted by Gasteiger charge is 2.20. The summed E-state index contributed by atoms with van der Waals surface area (Å²) in [6.45, 7) is 3.93. The Morgan fingerprint density at radius 1 is 1.10 bits per heavy atom. The molecular formula is C25H25Cl2N3O. The lowest BCUT2D eigenvalue weighted by atomic mass is 9.96. The van der Waals surface area contributed by atoms with Crippen LogP contribution in [0.2, 0.25) is 10.0 Å². The molecule has 0 aliphatic carbocycles. The predicted octanol–water partition coefficient (Wildman–Crippen LogP) is 6.47. The molecule has 6 heteroatoms. The van der Waals surface area contributed by atoms with Crippen molar-refractivity contribution >= 4 is 34.8 Å². The number of rotatable bonds is 4. The highest BCUT2D eigenvalue weighted by atomic mass is 35.5. The Kier molecular flexibility index (Phi) is 6.91. The number of carbonyl (C=O) groups is 1. The van der Waals surface area contributed by atoms with Crippen LogP contribution < -0.4 is 10.6 Å². The van der Waals surface area contributed by atoms with Gasteiger partial charge < -0.3 is 10.6 Å². The lowest BCUT2D eigenvalue weighted by Crippen LogP contribution is -2.22. The number of hydrogen-bond donors (Lipinski definition) is 2. The molecule has 2 heterocycles. The first kappa shape index (κ1) is 21.8. The van der Waals surface area contributed by atoms with E-state index in [2.05, 4.69) is 15.6 Å². The normalized spacial score (nSPS) is 16.5. The van der Waals surface area contributed by atoms with Gasteiger partial charge >= 0.3 is 0 Å². The molecule has 1 aliphatic rings. The minimum atomic E-state index is -0.155. The van der Waals surface area contributed by atoms with Crippen molar-refractivity contribution in [2.45, 2.75) is 32.1 Å². The Balaban J connectivity index is 1.60. The Morgan fingerprint density at radius 2 is 1.97 bits per heavy atom. The average Bonchev–Trinajstić information content (AvgIpc) is 3.06. The molecule has 4 nitrogen and oxygen atoms in total. The molecule has 0 bridgehead atoms. The maximum Gasteiger partial charge on any atom is 0.255 e. The van der Waals surface area contributed by atoms with Gasteiger partial charge in [-0.25, -0.2) is 0 Å². The Morgan fingerprint density at radius 3 is 2.81 bits per heavy atom. The molecule has 3 aromatic rings. The van der Waals surface area contributed by atoms with Crippen molar-refractivity contribution in [2.75, 3.05) is 18.4 Å². The third-order valence-electron chi connectivity index (χ3n) is 5.75. The van der Waals surface area contributed by atoms with E-state index in [0.29, 0.717) is 21.5 Å². The molecule has 160 valence electrons. The number of anilines is 1. The molecule has 1 fully saturated rings. The van der Waals surface area contributed by atoms with Crippen LogP contribution in [0.15, 0.2) is 54.7 Å². The number of benzene rings is 2. The van der Waals surface area contributed by atoms with Gasteiger partial charge in [-0.1, -0.05) is 41.8 Å². The predicted molar refractivity (Wildman–Crippen MR) is 128 cm³/mol. The number of halogens is 2. The Bertz CT molecular complexity index is 1090. The Labute approximate surface area is 193 Å². The van der Waals surface area contributed by atoms with E-state index in [1.165, 1.54) is 6.42 Å². The molecule has 2 N–H and O–H groups in total. The number of amides is 1. The van der Waals surface area contributed by atoms with Crippen molar-refractivity contribution in [3.05, 3.63) is 81.6 Å². The lowest BCUT2D eigenvalue weighted by molar-refractivity contribution is 0.102. The number of aryl methyl sites for hydroxylation is 1. The van der Waals surface area contributed by atoms with E-state index in [9.17, 15) is 4.79 Å². The van der Waals surface area contributed by atoms with Crippen LogP contribution in [0.4, 0.5) is 5.69 Å². The van der Waals surface area contributed by atoms with Gasteiger partial charge in [-0.2, -0.15) is 0 Å². The summed E-state index contributed by atoms with van der Waals surface area (Å²) in [6, 6.07) is 15.0. The highest BCUT2D eigenvalue weighted by Crippen LogP contribution is 2.32. The van der Waals surface area contributed by atoms with E-state index < -0.39 is 0 Å². The van der Waals surface area contributed by atoms with Crippen LogP contribution in [0, 0.1) is 6.92 Å². The fourth-order valence-electron chi connectivity index (χ4n) is 4.03. The zero-order valence-electron chi connectivity index (χ0n) is 17.4. The molecule has 0 saturated carbocycles. The van der Waals surface area contributed by atoms with Crippen LogP contribution in [0.5, 0.6) is 0 Å². The second-order valence-corrected chi connectivity index (χ2v) is 8.76. The molecular weight excluding hydrogens is 429 g/mol. The average molecular weight is 454 g/mol. The van der Waals surface area contributed by atoms with Gasteiger partial charge in [-0.15, -0.1) is 0 Å². The van der Waals surface area contributed by atoms with E-state index in [1.807, 2.05) is 49.4 Å². The summed E-state index contributed by atoms with van der Waals surface area (Å²) in [5.41, 5.74) is 5.24. The summed E-state index contributed by atoms with van der Waals surface area (Å²) in [6.07, 6.45) is 5.20. The van der Waals surface area contributed by atoms with Gasteiger partial charge in [0, 0.05) is 24.2 Å². The van der Waals surface area contributed by atoms with Gasteiger partial charge in [0.15, 0.2) is 0 Å². The maximum atomic E-state index is 13.1. The van der Waals surface area contributed by atoms with Crippen molar-refractivity contribution in [2.24, 2.45) is 0 Å². The number of nitrogens with one attached hydrogen (secondary N) is 2. The SMILES string of the molecule is Cc1ccc(C(=O)Nc2cccnc2C2CCCCNC2)cc1-c1ccc(Cl)c(Cl)c1. The van der Waals surface area contributed by atoms with Crippen molar-refractivity contribution in [1.82, 2.24) is 10.3 Å². The first-order valence-electron chi connectivity index (χ1n) is 10.6. The molecule has 1 aromatic heterocycles. The number of nitrogens with zero attached hydrogens (tertiary/aromatic N) is 1. The zero-order valence-corrected chi connectivity index (χ0v) is 18.9. The molecule has 1 saturated heterocycles. The number of carbonyl (C=O) groups excluding carboxylic acids is 1. The van der Waals surface area contributed by atoms with E-state index in [-0.39, 0.29) is 5.91 Å². The van der Waals surface area contributed by atoms with Crippen LogP contribution in [0.3, 0.4) is 0 Å². The number of hydrogen-bond acceptors (Lipinski definition) is 3. The van der Waals surface area contributed by atoms with Crippen LogP contribution in [-0.4, -0.2) is 24.0 Å². The number of aromatic nitrogens is 1. The monoisotopic (exact) mass is 453 g/mol. The lowest BCUT2D eigenvalue weighted by Gasteiger charge is -2.18. The summed E-state index contributed by atoms with van der Waals surface area (Å²) in [4.78, 5) is 17.7. The molecule has 31 heavy (non-hydrogen) atoms. The molecule has 4 rings (SSSR count). The minimum absolute atomic E-state index is 0.155. The fraction of sp³-hybridized carbons (Fsp3) is 0.280. The van der Waals surface area contributed by atoms with Gasteiger partial charge in [0.25, 0.3) is 5.91 Å². The summed E-state index contributed by atoms with van der Waals surface area (Å²) in [7, 11) is 0.